The van der Waals surface area contributed by atoms with Gasteiger partial charge in [-0.25, -0.2) is 9.97 Å². The number of likely N-dealkylation sites (tertiary alicyclic amines) is 1. The molecule has 2 saturated heterocycles. The van der Waals surface area contributed by atoms with Gasteiger partial charge in [0.25, 0.3) is 0 Å². The van der Waals surface area contributed by atoms with Gasteiger partial charge in [0, 0.05) is 38.8 Å². The van der Waals surface area contributed by atoms with Crippen molar-refractivity contribution in [1.82, 2.24) is 14.9 Å². The molecule has 2 aliphatic heterocycles. The van der Waals surface area contributed by atoms with E-state index in [4.69, 9.17) is 4.74 Å². The van der Waals surface area contributed by atoms with Gasteiger partial charge in [-0.3, -0.25) is 19.8 Å². The van der Waals surface area contributed by atoms with Crippen LogP contribution in [-0.4, -0.2) is 64.6 Å². The lowest BCUT2D eigenvalue weighted by molar-refractivity contribution is -0.383. The summed E-state index contributed by atoms with van der Waals surface area (Å²) in [5, 5.41) is 15.3. The second kappa shape index (κ2) is 11.2. The fourth-order valence-electron chi connectivity index (χ4n) is 4.73. The minimum Gasteiger partial charge on any atom is -0.466 e. The van der Waals surface area contributed by atoms with Crippen molar-refractivity contribution in [3.8, 4) is 0 Å². The number of esters is 1. The van der Waals surface area contributed by atoms with Crippen molar-refractivity contribution in [2.75, 3.05) is 43.0 Å². The van der Waals surface area contributed by atoms with Gasteiger partial charge < -0.3 is 15.0 Å². The molecule has 1 aromatic heterocycles. The fourth-order valence-corrected chi connectivity index (χ4v) is 4.73. The highest BCUT2D eigenvalue weighted by Gasteiger charge is 2.33. The van der Waals surface area contributed by atoms with Crippen LogP contribution in [0.2, 0.25) is 0 Å². The number of nitrogens with one attached hydrogen (secondary N) is 1. The van der Waals surface area contributed by atoms with E-state index in [0.29, 0.717) is 38.4 Å². The quantitative estimate of drug-likeness (QED) is 0.354. The van der Waals surface area contributed by atoms with Crippen molar-refractivity contribution >= 4 is 23.3 Å². The summed E-state index contributed by atoms with van der Waals surface area (Å²) in [6.45, 7) is 5.92. The molecule has 0 spiro atoms. The number of carbonyl (C=O) groups is 1. The molecule has 2 aliphatic rings. The van der Waals surface area contributed by atoms with E-state index in [-0.39, 0.29) is 29.4 Å². The Bertz CT molecular complexity index is 973. The maximum Gasteiger partial charge on any atom is 0.353 e. The Morgan fingerprint density at radius 3 is 2.47 bits per heavy atom. The Labute approximate surface area is 199 Å². The molecule has 1 aromatic carbocycles. The number of nitro groups is 1. The molecule has 1 N–H and O–H groups in total. The Morgan fingerprint density at radius 2 is 1.82 bits per heavy atom. The first-order chi connectivity index (χ1) is 16.5. The van der Waals surface area contributed by atoms with Crippen LogP contribution >= 0.6 is 0 Å². The van der Waals surface area contributed by atoms with Crippen LogP contribution < -0.4 is 10.2 Å². The maximum absolute atomic E-state index is 12.0. The average molecular weight is 469 g/mol. The third-order valence-corrected chi connectivity index (χ3v) is 6.58. The van der Waals surface area contributed by atoms with Gasteiger partial charge in [-0.2, -0.15) is 0 Å². The van der Waals surface area contributed by atoms with Gasteiger partial charge in [-0.05, 0) is 38.2 Å². The smallest absolute Gasteiger partial charge is 0.353 e. The zero-order chi connectivity index (χ0) is 23.9. The molecule has 0 unspecified atom stereocenters. The molecule has 182 valence electrons. The van der Waals surface area contributed by atoms with Crippen LogP contribution in [0.25, 0.3) is 0 Å². The largest absolute Gasteiger partial charge is 0.466 e. The summed E-state index contributed by atoms with van der Waals surface area (Å²) in [5.41, 5.74) is 1.19. The Balaban J connectivity index is 1.38. The number of anilines is 2. The lowest BCUT2D eigenvalue weighted by Gasteiger charge is -2.33. The summed E-state index contributed by atoms with van der Waals surface area (Å²) < 4.78 is 5.12. The van der Waals surface area contributed by atoms with E-state index in [1.165, 1.54) is 11.9 Å². The van der Waals surface area contributed by atoms with Gasteiger partial charge in [0.15, 0.2) is 0 Å². The van der Waals surface area contributed by atoms with Crippen LogP contribution in [0.5, 0.6) is 0 Å². The summed E-state index contributed by atoms with van der Waals surface area (Å²) in [4.78, 5) is 36.4. The number of aromatic nitrogens is 2. The highest BCUT2D eigenvalue weighted by Crippen LogP contribution is 2.35. The number of benzene rings is 1. The number of nitrogens with zero attached hydrogens (tertiary/aromatic N) is 5. The molecule has 0 saturated carbocycles. The Hall–Kier alpha value is -3.27. The molecule has 2 aromatic rings. The van der Waals surface area contributed by atoms with Crippen molar-refractivity contribution in [3.05, 3.63) is 52.3 Å². The molecule has 10 nitrogen and oxygen atoms in total. The number of rotatable bonds is 8. The van der Waals surface area contributed by atoms with Crippen LogP contribution in [0, 0.1) is 16.0 Å². The topological polar surface area (TPSA) is 114 Å². The van der Waals surface area contributed by atoms with Crippen LogP contribution in [0.15, 0.2) is 36.7 Å². The van der Waals surface area contributed by atoms with Crippen LogP contribution in [0.1, 0.15) is 38.2 Å². The van der Waals surface area contributed by atoms with E-state index in [1.807, 2.05) is 11.0 Å². The van der Waals surface area contributed by atoms with Gasteiger partial charge in [0.1, 0.15) is 6.33 Å². The SMILES string of the molecule is CCOC(=O)C1CCN(c2ncnc(NC3CCN(Cc4ccccc4)CC3)c2[N+](=O)[O-])CC1. The molecule has 0 radical (unpaired) electrons. The Kier molecular flexibility index (Phi) is 7.89. The van der Waals surface area contributed by atoms with E-state index in [9.17, 15) is 14.9 Å². The lowest BCUT2D eigenvalue weighted by Crippen LogP contribution is -2.39. The minimum atomic E-state index is -0.403. The lowest BCUT2D eigenvalue weighted by atomic mass is 9.97. The van der Waals surface area contributed by atoms with Crippen molar-refractivity contribution < 1.29 is 14.5 Å². The van der Waals surface area contributed by atoms with Crippen LogP contribution in [0.3, 0.4) is 0 Å². The molecule has 0 aliphatic carbocycles. The Morgan fingerprint density at radius 1 is 1.12 bits per heavy atom. The standard InChI is InChI=1S/C24H32N6O4/c1-2-34-24(31)19-8-14-29(15-9-19)23-21(30(32)33)22(25-17-26-23)27-20-10-12-28(13-11-20)16-18-6-4-3-5-7-18/h3-7,17,19-20H,2,8-16H2,1H3,(H,25,26,27). The predicted octanol–water partition coefficient (Wildman–Crippen LogP) is 3.24. The van der Waals surface area contributed by atoms with E-state index in [2.05, 4.69) is 44.5 Å². The van der Waals surface area contributed by atoms with Gasteiger partial charge in [0.05, 0.1) is 17.4 Å². The van der Waals surface area contributed by atoms with Crippen LogP contribution in [-0.2, 0) is 16.1 Å². The molecular formula is C24H32N6O4. The first kappa shape index (κ1) is 23.9. The zero-order valence-corrected chi connectivity index (χ0v) is 19.6. The third-order valence-electron chi connectivity index (χ3n) is 6.58. The summed E-state index contributed by atoms with van der Waals surface area (Å²) in [7, 11) is 0. The van der Waals surface area contributed by atoms with Crippen molar-refractivity contribution in [2.24, 2.45) is 5.92 Å². The van der Waals surface area contributed by atoms with Crippen LogP contribution in [0.4, 0.5) is 17.3 Å². The van der Waals surface area contributed by atoms with Gasteiger partial charge in [-0.1, -0.05) is 30.3 Å². The average Bonchev–Trinajstić information content (AvgIpc) is 2.86. The maximum atomic E-state index is 12.0. The normalized spacial score (nSPS) is 18.0. The van der Waals surface area contributed by atoms with E-state index >= 15 is 0 Å². The van der Waals surface area contributed by atoms with E-state index in [1.54, 1.807) is 6.92 Å². The molecule has 10 heteroatoms. The summed E-state index contributed by atoms with van der Waals surface area (Å²) in [6, 6.07) is 10.5. The van der Waals surface area contributed by atoms with E-state index in [0.717, 1.165) is 32.5 Å². The predicted molar refractivity (Wildman–Crippen MR) is 129 cm³/mol. The monoisotopic (exact) mass is 468 g/mol. The van der Waals surface area contributed by atoms with Gasteiger partial charge in [-0.15, -0.1) is 0 Å². The van der Waals surface area contributed by atoms with Crippen molar-refractivity contribution in [2.45, 2.75) is 45.2 Å². The fraction of sp³-hybridized carbons (Fsp3) is 0.542. The number of hydrogen-bond donors (Lipinski definition) is 1. The molecular weight excluding hydrogens is 436 g/mol. The van der Waals surface area contributed by atoms with Crippen molar-refractivity contribution in [3.63, 3.8) is 0 Å². The first-order valence-electron chi connectivity index (χ1n) is 12.0. The van der Waals surface area contributed by atoms with E-state index < -0.39 is 4.92 Å². The molecule has 0 atom stereocenters. The summed E-state index contributed by atoms with van der Waals surface area (Å²) in [6.07, 6.45) is 4.32. The first-order valence-corrected chi connectivity index (χ1v) is 12.0. The summed E-state index contributed by atoms with van der Waals surface area (Å²) >= 11 is 0. The molecule has 0 bridgehead atoms. The number of hydrogen-bond acceptors (Lipinski definition) is 9. The molecule has 4 rings (SSSR count). The molecule has 34 heavy (non-hydrogen) atoms. The second-order valence-electron chi connectivity index (χ2n) is 8.85. The van der Waals surface area contributed by atoms with Gasteiger partial charge >= 0.3 is 11.7 Å². The highest BCUT2D eigenvalue weighted by atomic mass is 16.6. The molecule has 0 amide bonds. The third kappa shape index (κ3) is 5.80. The van der Waals surface area contributed by atoms with Gasteiger partial charge in [0.2, 0.25) is 11.6 Å². The van der Waals surface area contributed by atoms with Crippen molar-refractivity contribution in [1.29, 1.82) is 0 Å². The zero-order valence-electron chi connectivity index (χ0n) is 19.6. The highest BCUT2D eigenvalue weighted by molar-refractivity contribution is 5.74. The molecule has 3 heterocycles. The number of carbonyl (C=O) groups excluding carboxylic acids is 1. The summed E-state index contributed by atoms with van der Waals surface area (Å²) in [5.74, 6) is 0.214. The molecule has 2 fully saturated rings. The second-order valence-corrected chi connectivity index (χ2v) is 8.85. The number of piperidine rings is 2. The minimum absolute atomic E-state index is 0.0937. The number of ether oxygens (including phenoxy) is 1.